The van der Waals surface area contributed by atoms with E-state index in [0.717, 1.165) is 29.9 Å². The molecule has 26 heavy (non-hydrogen) atoms. The lowest BCUT2D eigenvalue weighted by atomic mass is 10.1. The molecule has 0 radical (unpaired) electrons. The topological polar surface area (TPSA) is 81.5 Å². The predicted octanol–water partition coefficient (Wildman–Crippen LogP) is 2.83. The Morgan fingerprint density at radius 3 is 2.92 bits per heavy atom. The summed E-state index contributed by atoms with van der Waals surface area (Å²) in [5, 5.41) is 7.13. The Labute approximate surface area is 152 Å². The van der Waals surface area contributed by atoms with Crippen LogP contribution in [-0.2, 0) is 6.54 Å². The summed E-state index contributed by atoms with van der Waals surface area (Å²) in [7, 11) is 1.62. The summed E-state index contributed by atoms with van der Waals surface area (Å²) in [4.78, 5) is 18.7. The van der Waals surface area contributed by atoms with E-state index in [-0.39, 0.29) is 6.03 Å². The molecule has 0 atom stereocenters. The van der Waals surface area contributed by atoms with Crippen molar-refractivity contribution in [2.24, 2.45) is 0 Å². The van der Waals surface area contributed by atoms with Crippen LogP contribution in [0.1, 0.15) is 38.3 Å². The van der Waals surface area contributed by atoms with Crippen molar-refractivity contribution in [2.75, 3.05) is 19.0 Å². The number of hydrogen-bond acceptors (Lipinski definition) is 5. The summed E-state index contributed by atoms with van der Waals surface area (Å²) in [6, 6.07) is 5.85. The molecule has 1 fully saturated rings. The number of fused-ring (bicyclic) bond motifs is 1. The number of ether oxygens (including phenoxy) is 2. The second kappa shape index (κ2) is 6.19. The fourth-order valence-corrected chi connectivity index (χ4v) is 3.10. The summed E-state index contributed by atoms with van der Waals surface area (Å²) in [5.41, 5.74) is 0.401. The Bertz CT molecular complexity index is 828. The van der Waals surface area contributed by atoms with Crippen LogP contribution < -0.4 is 14.8 Å². The van der Waals surface area contributed by atoms with Gasteiger partial charge in [-0.2, -0.15) is 0 Å². The van der Waals surface area contributed by atoms with Gasteiger partial charge in [0.05, 0.1) is 26.2 Å². The number of benzene rings is 1. The van der Waals surface area contributed by atoms with Crippen molar-refractivity contribution in [2.45, 2.75) is 44.9 Å². The van der Waals surface area contributed by atoms with Gasteiger partial charge in [-0.25, -0.2) is 14.5 Å². The highest BCUT2D eigenvalue weighted by Crippen LogP contribution is 2.34. The van der Waals surface area contributed by atoms with Gasteiger partial charge in [0.25, 0.3) is 0 Å². The van der Waals surface area contributed by atoms with Gasteiger partial charge in [0.2, 0.25) is 5.95 Å². The third kappa shape index (κ3) is 3.44. The number of carbonyl (C=O) groups excluding carboxylic acids is 1. The maximum atomic E-state index is 12.8. The van der Waals surface area contributed by atoms with E-state index in [2.05, 4.69) is 15.4 Å². The first-order chi connectivity index (χ1) is 12.4. The minimum atomic E-state index is -0.532. The predicted molar refractivity (Wildman–Crippen MR) is 95.4 cm³/mol. The van der Waals surface area contributed by atoms with Crippen LogP contribution in [0.15, 0.2) is 24.5 Å². The second-order valence-corrected chi connectivity index (χ2v) is 7.40. The highest BCUT2D eigenvalue weighted by molar-refractivity contribution is 5.87. The van der Waals surface area contributed by atoms with Crippen molar-refractivity contribution in [1.29, 1.82) is 0 Å². The third-order valence-electron chi connectivity index (χ3n) is 4.53. The van der Waals surface area contributed by atoms with Crippen LogP contribution in [-0.4, -0.2) is 45.0 Å². The molecule has 1 N–H and O–H groups in total. The molecule has 2 aromatic rings. The Kier molecular flexibility index (Phi) is 3.97. The lowest BCUT2D eigenvalue weighted by molar-refractivity contribution is 0.0832. The molecule has 0 bridgehead atoms. The van der Waals surface area contributed by atoms with Gasteiger partial charge < -0.3 is 14.4 Å². The van der Waals surface area contributed by atoms with E-state index in [0.29, 0.717) is 25.1 Å². The zero-order chi connectivity index (χ0) is 18.3. The molecule has 2 heterocycles. The number of methoxy groups -OCH3 is 1. The lowest BCUT2D eigenvalue weighted by Gasteiger charge is -2.29. The van der Waals surface area contributed by atoms with Crippen molar-refractivity contribution in [3.05, 3.63) is 30.1 Å². The number of aromatic nitrogens is 3. The molecule has 2 amide bonds. The number of rotatable bonds is 3. The first kappa shape index (κ1) is 16.7. The maximum absolute atomic E-state index is 12.8. The quantitative estimate of drug-likeness (QED) is 0.913. The van der Waals surface area contributed by atoms with Gasteiger partial charge in [0.1, 0.15) is 23.4 Å². The zero-order valence-corrected chi connectivity index (χ0v) is 15.2. The summed E-state index contributed by atoms with van der Waals surface area (Å²) in [5.74, 6) is 1.80. The summed E-state index contributed by atoms with van der Waals surface area (Å²) < 4.78 is 13.2. The van der Waals surface area contributed by atoms with Crippen molar-refractivity contribution in [3.8, 4) is 11.5 Å². The van der Waals surface area contributed by atoms with Crippen molar-refractivity contribution < 1.29 is 14.3 Å². The van der Waals surface area contributed by atoms with Gasteiger partial charge in [-0.1, -0.05) is 0 Å². The molecule has 1 aliphatic carbocycles. The molecular formula is C18H23N5O3. The first-order valence-corrected chi connectivity index (χ1v) is 8.76. The minimum absolute atomic E-state index is 0.237. The van der Waals surface area contributed by atoms with Gasteiger partial charge in [-0.15, -0.1) is 5.10 Å². The molecule has 0 saturated heterocycles. The molecule has 8 heteroatoms. The fourth-order valence-electron chi connectivity index (χ4n) is 3.10. The molecule has 2 aliphatic rings. The van der Waals surface area contributed by atoms with E-state index in [1.54, 1.807) is 18.3 Å². The van der Waals surface area contributed by atoms with Gasteiger partial charge in [-0.3, -0.25) is 5.32 Å². The van der Waals surface area contributed by atoms with E-state index in [1.165, 1.54) is 0 Å². The molecule has 0 unspecified atom stereocenters. The van der Waals surface area contributed by atoms with Crippen LogP contribution in [0, 0.1) is 0 Å². The van der Waals surface area contributed by atoms with Gasteiger partial charge in [0.15, 0.2) is 0 Å². The van der Waals surface area contributed by atoms with Crippen molar-refractivity contribution in [3.63, 3.8) is 0 Å². The van der Waals surface area contributed by atoms with Crippen LogP contribution in [0.3, 0.4) is 0 Å². The van der Waals surface area contributed by atoms with Crippen molar-refractivity contribution in [1.82, 2.24) is 19.7 Å². The number of carbonyl (C=O) groups is 1. The molecule has 4 rings (SSSR count). The SMILES string of the molecule is COc1ccc2c(c1)OC(C)(C)CN(C(=O)Nc1ncn(C3CC3)n1)C2. The van der Waals surface area contributed by atoms with E-state index in [1.807, 2.05) is 36.7 Å². The van der Waals surface area contributed by atoms with Gasteiger partial charge in [-0.05, 0) is 38.8 Å². The number of nitrogens with zero attached hydrogens (tertiary/aromatic N) is 4. The molecule has 138 valence electrons. The summed E-state index contributed by atoms with van der Waals surface area (Å²) >= 11 is 0. The fraction of sp³-hybridized carbons (Fsp3) is 0.500. The normalized spacial score (nSPS) is 18.5. The number of anilines is 1. The average Bonchev–Trinajstić information content (AvgIpc) is 3.36. The molecule has 1 aromatic carbocycles. The van der Waals surface area contributed by atoms with Crippen LogP contribution >= 0.6 is 0 Å². The summed E-state index contributed by atoms with van der Waals surface area (Å²) in [6.07, 6.45) is 3.91. The third-order valence-corrected chi connectivity index (χ3v) is 4.53. The number of hydrogen-bond donors (Lipinski definition) is 1. The Hall–Kier alpha value is -2.77. The molecule has 8 nitrogen and oxygen atoms in total. The lowest BCUT2D eigenvalue weighted by Crippen LogP contribution is -2.45. The van der Waals surface area contributed by atoms with Gasteiger partial charge in [0, 0.05) is 11.6 Å². The zero-order valence-electron chi connectivity index (χ0n) is 15.2. The molecule has 1 saturated carbocycles. The molecule has 1 aliphatic heterocycles. The van der Waals surface area contributed by atoms with Crippen LogP contribution in [0.4, 0.5) is 10.7 Å². The van der Waals surface area contributed by atoms with E-state index in [4.69, 9.17) is 9.47 Å². The van der Waals surface area contributed by atoms with Gasteiger partial charge >= 0.3 is 6.03 Å². The standard InChI is InChI=1S/C18H23N5O3/c1-18(2)10-22(9-12-4-7-14(25-3)8-15(12)26-18)17(24)20-16-19-11-23(21-16)13-5-6-13/h4,7-8,11,13H,5-6,9-10H2,1-3H3,(H,20,21,24). The smallest absolute Gasteiger partial charge is 0.324 e. The monoisotopic (exact) mass is 357 g/mol. The highest BCUT2D eigenvalue weighted by atomic mass is 16.5. The summed E-state index contributed by atoms with van der Waals surface area (Å²) in [6.45, 7) is 4.81. The maximum Gasteiger partial charge on any atom is 0.324 e. The molecular weight excluding hydrogens is 334 g/mol. The van der Waals surface area contributed by atoms with Crippen LogP contribution in [0.5, 0.6) is 11.5 Å². The molecule has 0 spiro atoms. The Balaban J connectivity index is 1.53. The van der Waals surface area contributed by atoms with Crippen molar-refractivity contribution >= 4 is 12.0 Å². The number of nitrogens with one attached hydrogen (secondary N) is 1. The largest absolute Gasteiger partial charge is 0.497 e. The van der Waals surface area contributed by atoms with Crippen LogP contribution in [0.25, 0.3) is 0 Å². The van der Waals surface area contributed by atoms with E-state index in [9.17, 15) is 4.79 Å². The van der Waals surface area contributed by atoms with E-state index < -0.39 is 5.60 Å². The highest BCUT2D eigenvalue weighted by Gasteiger charge is 2.32. The first-order valence-electron chi connectivity index (χ1n) is 8.76. The Morgan fingerprint density at radius 2 is 2.19 bits per heavy atom. The number of amides is 2. The molecule has 1 aromatic heterocycles. The Morgan fingerprint density at radius 1 is 1.38 bits per heavy atom. The van der Waals surface area contributed by atoms with E-state index >= 15 is 0 Å². The minimum Gasteiger partial charge on any atom is -0.497 e. The number of urea groups is 1. The van der Waals surface area contributed by atoms with Crippen LogP contribution in [0.2, 0.25) is 0 Å². The second-order valence-electron chi connectivity index (χ2n) is 7.40. The average molecular weight is 357 g/mol.